The summed E-state index contributed by atoms with van der Waals surface area (Å²) < 4.78 is 26.7. The normalized spacial score (nSPS) is 11.7. The van der Waals surface area contributed by atoms with Crippen LogP contribution in [0.25, 0.3) is 0 Å². The Balaban J connectivity index is 3.07. The number of benzene rings is 1. The van der Waals surface area contributed by atoms with Crippen LogP contribution in [0, 0.1) is 6.92 Å². The fourth-order valence-electron chi connectivity index (χ4n) is 1.56. The Morgan fingerprint density at radius 2 is 2.00 bits per heavy atom. The predicted molar refractivity (Wildman–Crippen MR) is 69.4 cm³/mol. The fourth-order valence-corrected chi connectivity index (χ4v) is 2.99. The third-order valence-electron chi connectivity index (χ3n) is 2.47. The van der Waals surface area contributed by atoms with E-state index in [0.29, 0.717) is 18.0 Å². The SMILES string of the molecule is CCCNS(=O)(=O)c1cc(CNC)ccc1C. The highest BCUT2D eigenvalue weighted by molar-refractivity contribution is 7.89. The van der Waals surface area contributed by atoms with Crippen molar-refractivity contribution in [2.24, 2.45) is 0 Å². The van der Waals surface area contributed by atoms with Crippen molar-refractivity contribution in [3.63, 3.8) is 0 Å². The van der Waals surface area contributed by atoms with Crippen LogP contribution in [0.5, 0.6) is 0 Å². The van der Waals surface area contributed by atoms with Crippen molar-refractivity contribution in [2.45, 2.75) is 31.7 Å². The minimum atomic E-state index is -3.37. The van der Waals surface area contributed by atoms with E-state index in [0.717, 1.165) is 17.5 Å². The first-order valence-corrected chi connectivity index (χ1v) is 7.23. The van der Waals surface area contributed by atoms with Gasteiger partial charge in [-0.2, -0.15) is 0 Å². The molecular formula is C12H20N2O2S. The first-order chi connectivity index (χ1) is 8.01. The maximum absolute atomic E-state index is 12.0. The topological polar surface area (TPSA) is 58.2 Å². The summed E-state index contributed by atoms with van der Waals surface area (Å²) in [7, 11) is -1.54. The van der Waals surface area contributed by atoms with Crippen molar-refractivity contribution in [1.29, 1.82) is 0 Å². The molecule has 0 heterocycles. The van der Waals surface area contributed by atoms with Crippen LogP contribution in [0.15, 0.2) is 23.1 Å². The molecule has 5 heteroatoms. The summed E-state index contributed by atoms with van der Waals surface area (Å²) in [5, 5.41) is 3.01. The second kappa shape index (κ2) is 6.14. The van der Waals surface area contributed by atoms with Gasteiger partial charge in [0.25, 0.3) is 0 Å². The highest BCUT2D eigenvalue weighted by atomic mass is 32.2. The monoisotopic (exact) mass is 256 g/mol. The molecule has 1 aromatic carbocycles. The quantitative estimate of drug-likeness (QED) is 0.809. The number of rotatable bonds is 6. The molecular weight excluding hydrogens is 236 g/mol. The Kier molecular flexibility index (Phi) is 5.11. The maximum Gasteiger partial charge on any atom is 0.240 e. The third kappa shape index (κ3) is 3.80. The molecule has 0 unspecified atom stereocenters. The minimum absolute atomic E-state index is 0.374. The minimum Gasteiger partial charge on any atom is -0.316 e. The largest absolute Gasteiger partial charge is 0.316 e. The van der Waals surface area contributed by atoms with Gasteiger partial charge in [0.15, 0.2) is 0 Å². The molecule has 0 fully saturated rings. The van der Waals surface area contributed by atoms with Crippen molar-refractivity contribution in [1.82, 2.24) is 10.0 Å². The van der Waals surface area contributed by atoms with Gasteiger partial charge in [-0.1, -0.05) is 19.1 Å². The summed E-state index contributed by atoms with van der Waals surface area (Å²) >= 11 is 0. The first-order valence-electron chi connectivity index (χ1n) is 5.75. The molecule has 0 aliphatic rings. The number of hydrogen-bond donors (Lipinski definition) is 2. The smallest absolute Gasteiger partial charge is 0.240 e. The van der Waals surface area contributed by atoms with Crippen molar-refractivity contribution < 1.29 is 8.42 Å². The molecule has 96 valence electrons. The molecule has 1 rings (SSSR count). The molecule has 0 atom stereocenters. The lowest BCUT2D eigenvalue weighted by atomic mass is 10.1. The lowest BCUT2D eigenvalue weighted by Gasteiger charge is -2.10. The molecule has 0 saturated heterocycles. The Bertz CT molecular complexity index is 469. The van der Waals surface area contributed by atoms with Gasteiger partial charge < -0.3 is 5.32 Å². The standard InChI is InChI=1S/C12H20N2O2S/c1-4-7-14-17(15,16)12-8-11(9-13-3)6-5-10(12)2/h5-6,8,13-14H,4,7,9H2,1-3H3. The number of aryl methyl sites for hydroxylation is 1. The van der Waals surface area contributed by atoms with E-state index in [1.54, 1.807) is 6.07 Å². The van der Waals surface area contributed by atoms with Gasteiger partial charge in [0.05, 0.1) is 4.90 Å². The highest BCUT2D eigenvalue weighted by Crippen LogP contribution is 2.16. The van der Waals surface area contributed by atoms with E-state index < -0.39 is 10.0 Å². The van der Waals surface area contributed by atoms with Gasteiger partial charge in [-0.15, -0.1) is 0 Å². The van der Waals surface area contributed by atoms with Crippen LogP contribution in [0.4, 0.5) is 0 Å². The number of nitrogens with one attached hydrogen (secondary N) is 2. The van der Waals surface area contributed by atoms with Crippen LogP contribution < -0.4 is 10.0 Å². The molecule has 17 heavy (non-hydrogen) atoms. The van der Waals surface area contributed by atoms with E-state index >= 15 is 0 Å². The Morgan fingerprint density at radius 1 is 1.29 bits per heavy atom. The van der Waals surface area contributed by atoms with Gasteiger partial charge >= 0.3 is 0 Å². The molecule has 0 aromatic heterocycles. The molecule has 1 aromatic rings. The molecule has 2 N–H and O–H groups in total. The van der Waals surface area contributed by atoms with Gasteiger partial charge in [0.1, 0.15) is 0 Å². The Morgan fingerprint density at radius 3 is 2.59 bits per heavy atom. The van der Waals surface area contributed by atoms with Gasteiger partial charge in [0, 0.05) is 13.1 Å². The molecule has 0 amide bonds. The Labute approximate surface area is 103 Å². The predicted octanol–water partition coefficient (Wildman–Crippen LogP) is 1.40. The van der Waals surface area contributed by atoms with Crippen molar-refractivity contribution in [2.75, 3.05) is 13.6 Å². The summed E-state index contributed by atoms with van der Waals surface area (Å²) in [4.78, 5) is 0.374. The highest BCUT2D eigenvalue weighted by Gasteiger charge is 2.16. The maximum atomic E-state index is 12.0. The molecule has 0 aliphatic heterocycles. The van der Waals surface area contributed by atoms with Crippen molar-refractivity contribution in [3.8, 4) is 0 Å². The van der Waals surface area contributed by atoms with Crippen LogP contribution in [-0.2, 0) is 16.6 Å². The fraction of sp³-hybridized carbons (Fsp3) is 0.500. The van der Waals surface area contributed by atoms with Gasteiger partial charge in [0.2, 0.25) is 10.0 Å². The van der Waals surface area contributed by atoms with Crippen molar-refractivity contribution >= 4 is 10.0 Å². The van der Waals surface area contributed by atoms with E-state index in [1.165, 1.54) is 0 Å². The van der Waals surface area contributed by atoms with Crippen LogP contribution in [-0.4, -0.2) is 22.0 Å². The van der Waals surface area contributed by atoms with Gasteiger partial charge in [-0.25, -0.2) is 13.1 Å². The molecule has 0 radical (unpaired) electrons. The lowest BCUT2D eigenvalue weighted by molar-refractivity contribution is 0.580. The molecule has 0 aliphatic carbocycles. The first kappa shape index (κ1) is 14.2. The molecule has 4 nitrogen and oxygen atoms in total. The molecule has 0 bridgehead atoms. The second-order valence-corrected chi connectivity index (χ2v) is 5.76. The summed E-state index contributed by atoms with van der Waals surface area (Å²) in [6.07, 6.45) is 0.786. The Hall–Kier alpha value is -0.910. The van der Waals surface area contributed by atoms with E-state index in [2.05, 4.69) is 10.0 Å². The van der Waals surface area contributed by atoms with Crippen LogP contribution in [0.3, 0.4) is 0 Å². The zero-order valence-corrected chi connectivity index (χ0v) is 11.4. The number of hydrogen-bond acceptors (Lipinski definition) is 3. The summed E-state index contributed by atoms with van der Waals surface area (Å²) in [6.45, 7) is 4.88. The van der Waals surface area contributed by atoms with E-state index in [4.69, 9.17) is 0 Å². The van der Waals surface area contributed by atoms with Crippen LogP contribution >= 0.6 is 0 Å². The van der Waals surface area contributed by atoms with Crippen LogP contribution in [0.2, 0.25) is 0 Å². The zero-order chi connectivity index (χ0) is 12.9. The zero-order valence-electron chi connectivity index (χ0n) is 10.6. The third-order valence-corrected chi connectivity index (χ3v) is 4.07. The summed E-state index contributed by atoms with van der Waals surface area (Å²) in [6, 6.07) is 5.50. The molecule has 0 spiro atoms. The van der Waals surface area contributed by atoms with Gasteiger partial charge in [-0.05, 0) is 37.6 Å². The molecule has 0 saturated carbocycles. The van der Waals surface area contributed by atoms with Crippen LogP contribution in [0.1, 0.15) is 24.5 Å². The van der Waals surface area contributed by atoms with Crippen molar-refractivity contribution in [3.05, 3.63) is 29.3 Å². The summed E-state index contributed by atoms with van der Waals surface area (Å²) in [5.74, 6) is 0. The lowest BCUT2D eigenvalue weighted by Crippen LogP contribution is -2.25. The average molecular weight is 256 g/mol. The summed E-state index contributed by atoms with van der Waals surface area (Å²) in [5.41, 5.74) is 1.74. The second-order valence-electron chi connectivity index (χ2n) is 4.03. The van der Waals surface area contributed by atoms with Gasteiger partial charge in [-0.3, -0.25) is 0 Å². The number of sulfonamides is 1. The average Bonchev–Trinajstić information content (AvgIpc) is 2.29. The van der Waals surface area contributed by atoms with E-state index in [-0.39, 0.29) is 0 Å². The van der Waals surface area contributed by atoms with E-state index in [1.807, 2.05) is 33.0 Å². The van der Waals surface area contributed by atoms with E-state index in [9.17, 15) is 8.42 Å².